The predicted octanol–water partition coefficient (Wildman–Crippen LogP) is 3.20. The van der Waals surface area contributed by atoms with Gasteiger partial charge in [0.15, 0.2) is 0 Å². The number of rotatable bonds is 11. The Hall–Kier alpha value is -2.98. The Kier molecular flexibility index (Phi) is 10.0. The number of hydrogen-bond acceptors (Lipinski definition) is 4. The highest BCUT2D eigenvalue weighted by atomic mass is 32.2. The molecule has 0 aliphatic rings. The van der Waals surface area contributed by atoms with E-state index in [0.717, 1.165) is 20.2 Å². The molecule has 0 bridgehead atoms. The zero-order chi connectivity index (χ0) is 27.1. The van der Waals surface area contributed by atoms with Crippen LogP contribution in [0.15, 0.2) is 54.6 Å². The molecule has 2 aromatic rings. The van der Waals surface area contributed by atoms with Crippen molar-refractivity contribution in [1.82, 2.24) is 14.5 Å². The summed E-state index contributed by atoms with van der Waals surface area (Å²) in [5.41, 5.74) is 0.203. The van der Waals surface area contributed by atoms with Crippen molar-refractivity contribution in [3.05, 3.63) is 66.0 Å². The number of amides is 2. The normalized spacial score (nSPS) is 12.8. The van der Waals surface area contributed by atoms with Crippen LogP contribution >= 0.6 is 0 Å². The first kappa shape index (κ1) is 29.3. The lowest BCUT2D eigenvalue weighted by atomic mass is 10.1. The number of carbonyl (C=O) groups excluding carboxylic acids is 2. The molecule has 198 valence electrons. The van der Waals surface area contributed by atoms with E-state index < -0.39 is 40.1 Å². The van der Waals surface area contributed by atoms with Gasteiger partial charge in [-0.15, -0.1) is 0 Å². The molecule has 1 N–H and O–H groups in total. The molecule has 2 aromatic carbocycles. The highest BCUT2D eigenvalue weighted by Gasteiger charge is 2.35. The second-order valence-electron chi connectivity index (χ2n) is 9.73. The second kappa shape index (κ2) is 12.3. The van der Waals surface area contributed by atoms with Gasteiger partial charge in [-0.05, 0) is 51.3 Å². The summed E-state index contributed by atoms with van der Waals surface area (Å²) >= 11 is 0. The molecule has 8 nitrogen and oxygen atoms in total. The highest BCUT2D eigenvalue weighted by Crippen LogP contribution is 2.24. The lowest BCUT2D eigenvalue weighted by molar-refractivity contribution is -0.140. The molecular formula is C26H37FN4O4S. The quantitative estimate of drug-likeness (QED) is 0.493. The molecule has 0 aliphatic carbocycles. The molecule has 0 fully saturated rings. The minimum absolute atomic E-state index is 0.187. The molecule has 1 atom stereocenters. The number of halogens is 1. The average molecular weight is 521 g/mol. The van der Waals surface area contributed by atoms with Gasteiger partial charge in [0.05, 0.1) is 5.69 Å². The highest BCUT2D eigenvalue weighted by molar-refractivity contribution is 7.90. The van der Waals surface area contributed by atoms with Crippen molar-refractivity contribution in [2.24, 2.45) is 0 Å². The maximum atomic E-state index is 14.7. The summed E-state index contributed by atoms with van der Waals surface area (Å²) in [7, 11) is -1.59. The van der Waals surface area contributed by atoms with Crippen molar-refractivity contribution >= 4 is 27.7 Å². The topological polar surface area (TPSA) is 90.0 Å². The average Bonchev–Trinajstić information content (AvgIpc) is 2.79. The fourth-order valence-electron chi connectivity index (χ4n) is 3.70. The third-order valence-electron chi connectivity index (χ3n) is 5.51. The number of para-hydroxylation sites is 1. The minimum atomic E-state index is -4.21. The Bertz CT molecular complexity index is 1130. The Morgan fingerprint density at radius 2 is 1.58 bits per heavy atom. The Morgan fingerprint density at radius 1 is 1.00 bits per heavy atom. The number of hydrogen-bond donors (Lipinski definition) is 1. The van der Waals surface area contributed by atoms with Gasteiger partial charge in [0.1, 0.15) is 18.4 Å². The first-order valence-electron chi connectivity index (χ1n) is 11.9. The van der Waals surface area contributed by atoms with E-state index in [4.69, 9.17) is 0 Å². The third-order valence-corrected chi connectivity index (χ3v) is 7.31. The smallest absolute Gasteiger partial charge is 0.304 e. The fraction of sp³-hybridized carbons (Fsp3) is 0.462. The van der Waals surface area contributed by atoms with E-state index in [2.05, 4.69) is 5.32 Å². The SMILES string of the molecule is CC[C@@H](C(=O)NC(C)(C)C)N(CCc1ccccc1)C(=O)CN(c1ccccc1F)S(=O)(=O)N(C)C. The molecule has 0 saturated heterocycles. The van der Waals surface area contributed by atoms with Crippen LogP contribution in [0, 0.1) is 5.82 Å². The van der Waals surface area contributed by atoms with Crippen LogP contribution in [0.1, 0.15) is 39.7 Å². The monoisotopic (exact) mass is 520 g/mol. The first-order valence-corrected chi connectivity index (χ1v) is 13.3. The molecule has 0 spiro atoms. The zero-order valence-corrected chi connectivity index (χ0v) is 22.7. The maximum absolute atomic E-state index is 14.7. The molecule has 0 unspecified atom stereocenters. The van der Waals surface area contributed by atoms with Gasteiger partial charge in [-0.25, -0.2) is 8.70 Å². The van der Waals surface area contributed by atoms with E-state index >= 15 is 0 Å². The Labute approximate surface area is 214 Å². The van der Waals surface area contributed by atoms with Gasteiger partial charge in [0.2, 0.25) is 11.8 Å². The molecule has 0 radical (unpaired) electrons. The molecule has 36 heavy (non-hydrogen) atoms. The third kappa shape index (κ3) is 7.76. The van der Waals surface area contributed by atoms with Crippen LogP contribution in [0.4, 0.5) is 10.1 Å². The van der Waals surface area contributed by atoms with Crippen molar-refractivity contribution in [2.45, 2.75) is 52.1 Å². The number of carbonyl (C=O) groups is 2. The Morgan fingerprint density at radius 3 is 2.11 bits per heavy atom. The van der Waals surface area contributed by atoms with Crippen molar-refractivity contribution in [3.63, 3.8) is 0 Å². The van der Waals surface area contributed by atoms with E-state index in [0.29, 0.717) is 12.8 Å². The maximum Gasteiger partial charge on any atom is 0.304 e. The van der Waals surface area contributed by atoms with E-state index in [9.17, 15) is 22.4 Å². The van der Waals surface area contributed by atoms with Gasteiger partial charge in [-0.3, -0.25) is 9.59 Å². The number of anilines is 1. The summed E-state index contributed by atoms with van der Waals surface area (Å²) in [6.45, 7) is 6.86. The number of benzene rings is 2. The standard InChI is InChI=1S/C26H37FN4O4S/c1-7-22(25(33)28-26(2,3)4)30(18-17-20-13-9-8-10-14-20)24(32)19-31(36(34,35)29(5)6)23-16-12-11-15-21(23)27/h8-16,22H,7,17-19H2,1-6H3,(H,28,33)/t22-/m0/s1. The number of nitrogens with zero attached hydrogens (tertiary/aromatic N) is 3. The summed E-state index contributed by atoms with van der Waals surface area (Å²) in [6.07, 6.45) is 0.786. The predicted molar refractivity (Wildman–Crippen MR) is 140 cm³/mol. The van der Waals surface area contributed by atoms with Crippen molar-refractivity contribution in [2.75, 3.05) is 31.5 Å². The zero-order valence-electron chi connectivity index (χ0n) is 21.9. The van der Waals surface area contributed by atoms with E-state index in [1.54, 1.807) is 6.92 Å². The summed E-state index contributed by atoms with van der Waals surface area (Å²) in [5.74, 6) is -1.71. The summed E-state index contributed by atoms with van der Waals surface area (Å²) in [5, 5.41) is 2.91. The molecule has 0 heterocycles. The van der Waals surface area contributed by atoms with Gasteiger partial charge >= 0.3 is 10.2 Å². The molecule has 0 aliphatic heterocycles. The number of nitrogens with one attached hydrogen (secondary N) is 1. The van der Waals surface area contributed by atoms with Gasteiger partial charge in [-0.2, -0.15) is 12.7 Å². The van der Waals surface area contributed by atoms with Crippen LogP contribution < -0.4 is 9.62 Å². The lowest BCUT2D eigenvalue weighted by Gasteiger charge is -2.35. The van der Waals surface area contributed by atoms with Crippen LogP contribution in [-0.4, -0.2) is 68.2 Å². The van der Waals surface area contributed by atoms with Gasteiger partial charge in [-0.1, -0.05) is 49.4 Å². The molecular weight excluding hydrogens is 483 g/mol. The van der Waals surface area contributed by atoms with Crippen LogP contribution in [0.2, 0.25) is 0 Å². The molecule has 0 aromatic heterocycles. The molecule has 2 amide bonds. The summed E-state index contributed by atoms with van der Waals surface area (Å²) in [6, 6.07) is 14.0. The van der Waals surface area contributed by atoms with Crippen molar-refractivity contribution < 1.29 is 22.4 Å². The van der Waals surface area contributed by atoms with E-state index in [1.165, 1.54) is 37.2 Å². The van der Waals surface area contributed by atoms with Gasteiger partial charge < -0.3 is 10.2 Å². The largest absolute Gasteiger partial charge is 0.350 e. The summed E-state index contributed by atoms with van der Waals surface area (Å²) in [4.78, 5) is 28.3. The van der Waals surface area contributed by atoms with Gasteiger partial charge in [0.25, 0.3) is 0 Å². The van der Waals surface area contributed by atoms with Crippen LogP contribution in [-0.2, 0) is 26.2 Å². The molecule has 2 rings (SSSR count). The first-order chi connectivity index (χ1) is 16.8. The Balaban J connectivity index is 2.46. The van der Waals surface area contributed by atoms with Gasteiger partial charge in [0, 0.05) is 26.2 Å². The van der Waals surface area contributed by atoms with E-state index in [-0.39, 0.29) is 18.1 Å². The van der Waals surface area contributed by atoms with Crippen LogP contribution in [0.5, 0.6) is 0 Å². The fourth-order valence-corrected chi connectivity index (χ4v) is 4.77. The molecule has 10 heteroatoms. The van der Waals surface area contributed by atoms with Crippen LogP contribution in [0.25, 0.3) is 0 Å². The van der Waals surface area contributed by atoms with Crippen molar-refractivity contribution in [1.29, 1.82) is 0 Å². The lowest BCUT2D eigenvalue weighted by Crippen LogP contribution is -2.56. The van der Waals surface area contributed by atoms with E-state index in [1.807, 2.05) is 51.1 Å². The van der Waals surface area contributed by atoms with Crippen LogP contribution in [0.3, 0.4) is 0 Å². The minimum Gasteiger partial charge on any atom is -0.350 e. The second-order valence-corrected chi connectivity index (χ2v) is 11.8. The van der Waals surface area contributed by atoms with Crippen molar-refractivity contribution in [3.8, 4) is 0 Å². The molecule has 0 saturated carbocycles. The summed E-state index contributed by atoms with van der Waals surface area (Å²) < 4.78 is 42.6.